The highest BCUT2D eigenvalue weighted by Gasteiger charge is 2.37. The Bertz CT molecular complexity index is 574. The first kappa shape index (κ1) is 14.6. The molecule has 5 heteroatoms. The Kier molecular flexibility index (Phi) is 4.02. The lowest BCUT2D eigenvalue weighted by molar-refractivity contribution is -0.135. The van der Waals surface area contributed by atoms with Crippen molar-refractivity contribution in [3.63, 3.8) is 0 Å². The molecule has 0 aliphatic carbocycles. The molecule has 4 nitrogen and oxygen atoms in total. The Labute approximate surface area is 127 Å². The average molecular weight is 307 g/mol. The number of hydrogen-bond donors (Lipinski definition) is 0. The van der Waals surface area contributed by atoms with Crippen molar-refractivity contribution in [2.24, 2.45) is 0 Å². The minimum atomic E-state index is -0.821. The van der Waals surface area contributed by atoms with E-state index < -0.39 is 10.8 Å². The highest BCUT2D eigenvalue weighted by molar-refractivity contribution is 7.85. The zero-order valence-corrected chi connectivity index (χ0v) is 13.3. The molecule has 2 heterocycles. The van der Waals surface area contributed by atoms with Gasteiger partial charge in [0.1, 0.15) is 5.75 Å². The van der Waals surface area contributed by atoms with Crippen molar-refractivity contribution in [3.05, 3.63) is 29.8 Å². The van der Waals surface area contributed by atoms with Gasteiger partial charge in [0.2, 0.25) is 5.91 Å². The molecule has 1 amide bonds. The summed E-state index contributed by atoms with van der Waals surface area (Å²) in [6.45, 7) is 5.15. The predicted octanol–water partition coefficient (Wildman–Crippen LogP) is 1.92. The first-order valence-electron chi connectivity index (χ1n) is 7.49. The summed E-state index contributed by atoms with van der Waals surface area (Å²) in [5.41, 5.74) is 0.986. The number of para-hydroxylation sites is 1. The van der Waals surface area contributed by atoms with E-state index in [1.807, 2.05) is 43.0 Å². The smallest absolute Gasteiger partial charge is 0.230 e. The lowest BCUT2D eigenvalue weighted by Gasteiger charge is -2.40. The van der Waals surface area contributed by atoms with Gasteiger partial charge in [0.25, 0.3) is 0 Å². The molecule has 1 saturated heterocycles. The van der Waals surface area contributed by atoms with E-state index in [1.54, 1.807) is 0 Å². The summed E-state index contributed by atoms with van der Waals surface area (Å²) in [6.07, 6.45) is 0.719. The summed E-state index contributed by atoms with van der Waals surface area (Å²) < 4.78 is 17.5. The van der Waals surface area contributed by atoms with Crippen molar-refractivity contribution in [3.8, 4) is 5.75 Å². The van der Waals surface area contributed by atoms with Crippen LogP contribution in [0.4, 0.5) is 0 Å². The Balaban J connectivity index is 1.85. The van der Waals surface area contributed by atoms with E-state index in [0.29, 0.717) is 18.9 Å². The SMILES string of the molecule is C[C@@H]1[C@H](C)[S@@](=O)CCN1C(=O)[C@@H]1CCOc2ccccc21. The first-order valence-corrected chi connectivity index (χ1v) is 8.87. The number of fused-ring (bicyclic) bond motifs is 1. The molecule has 0 spiro atoms. The van der Waals surface area contributed by atoms with Gasteiger partial charge in [-0.05, 0) is 26.3 Å². The van der Waals surface area contributed by atoms with E-state index in [-0.39, 0.29) is 23.1 Å². The molecule has 0 bridgehead atoms. The minimum absolute atomic E-state index is 0.0297. The van der Waals surface area contributed by atoms with Crippen molar-refractivity contribution in [2.45, 2.75) is 37.5 Å². The van der Waals surface area contributed by atoms with Gasteiger partial charge in [-0.3, -0.25) is 9.00 Å². The van der Waals surface area contributed by atoms with E-state index >= 15 is 0 Å². The number of amides is 1. The molecule has 1 fully saturated rings. The first-order chi connectivity index (χ1) is 10.1. The fourth-order valence-electron chi connectivity index (χ4n) is 3.16. The summed E-state index contributed by atoms with van der Waals surface area (Å²) >= 11 is 0. The van der Waals surface area contributed by atoms with Gasteiger partial charge in [-0.2, -0.15) is 0 Å². The van der Waals surface area contributed by atoms with E-state index in [2.05, 4.69) is 0 Å². The Hall–Kier alpha value is -1.36. The molecule has 0 radical (unpaired) electrons. The van der Waals surface area contributed by atoms with Gasteiger partial charge in [0.05, 0.1) is 17.8 Å². The number of benzene rings is 1. The maximum Gasteiger partial charge on any atom is 0.230 e. The van der Waals surface area contributed by atoms with E-state index in [4.69, 9.17) is 4.74 Å². The van der Waals surface area contributed by atoms with Crippen molar-refractivity contribution >= 4 is 16.7 Å². The Morgan fingerprint density at radius 3 is 2.90 bits per heavy atom. The molecule has 0 aromatic heterocycles. The standard InChI is InChI=1S/C16H21NO3S/c1-11-12(2)21(19)10-8-17(11)16(18)14-7-9-20-15-6-4-3-5-13(14)15/h3-6,11-12,14H,7-10H2,1-2H3/t11-,12+,14-,21+/m1/s1. The average Bonchev–Trinajstić information content (AvgIpc) is 2.51. The van der Waals surface area contributed by atoms with Crippen LogP contribution in [0.15, 0.2) is 24.3 Å². The molecular formula is C16H21NO3S. The van der Waals surface area contributed by atoms with Crippen LogP contribution < -0.4 is 4.74 Å². The fourth-order valence-corrected chi connectivity index (χ4v) is 4.50. The number of carbonyl (C=O) groups excluding carboxylic acids is 1. The van der Waals surface area contributed by atoms with Gasteiger partial charge in [0, 0.05) is 34.7 Å². The van der Waals surface area contributed by atoms with Crippen LogP contribution >= 0.6 is 0 Å². The summed E-state index contributed by atoms with van der Waals surface area (Å²) in [5, 5.41) is 0.0396. The van der Waals surface area contributed by atoms with Crippen LogP contribution in [0.2, 0.25) is 0 Å². The molecule has 0 N–H and O–H groups in total. The molecule has 0 saturated carbocycles. The summed E-state index contributed by atoms with van der Waals surface area (Å²) in [5.74, 6) is 1.43. The maximum atomic E-state index is 12.9. The van der Waals surface area contributed by atoms with Gasteiger partial charge in [-0.1, -0.05) is 18.2 Å². The molecule has 1 aromatic rings. The highest BCUT2D eigenvalue weighted by atomic mass is 32.2. The monoisotopic (exact) mass is 307 g/mol. The van der Waals surface area contributed by atoms with E-state index in [9.17, 15) is 9.00 Å². The molecule has 4 atom stereocenters. The molecule has 114 valence electrons. The fraction of sp³-hybridized carbons (Fsp3) is 0.562. The zero-order chi connectivity index (χ0) is 15.0. The van der Waals surface area contributed by atoms with Gasteiger partial charge in [0.15, 0.2) is 0 Å². The van der Waals surface area contributed by atoms with Crippen LogP contribution in [0, 0.1) is 0 Å². The third kappa shape index (κ3) is 2.59. The number of ether oxygens (including phenoxy) is 1. The van der Waals surface area contributed by atoms with Crippen molar-refractivity contribution in [2.75, 3.05) is 18.9 Å². The largest absolute Gasteiger partial charge is 0.493 e. The van der Waals surface area contributed by atoms with Crippen LogP contribution in [0.3, 0.4) is 0 Å². The van der Waals surface area contributed by atoms with Gasteiger partial charge < -0.3 is 9.64 Å². The summed E-state index contributed by atoms with van der Waals surface area (Å²) in [7, 11) is -0.821. The number of nitrogens with zero attached hydrogens (tertiary/aromatic N) is 1. The number of hydrogen-bond acceptors (Lipinski definition) is 3. The second-order valence-electron chi connectivity index (χ2n) is 5.79. The third-order valence-corrected chi connectivity index (χ3v) is 6.47. The molecule has 2 aliphatic heterocycles. The van der Waals surface area contributed by atoms with Crippen molar-refractivity contribution in [1.29, 1.82) is 0 Å². The molecule has 2 aliphatic rings. The van der Waals surface area contributed by atoms with Crippen LogP contribution in [0.5, 0.6) is 5.75 Å². The van der Waals surface area contributed by atoms with Gasteiger partial charge >= 0.3 is 0 Å². The van der Waals surface area contributed by atoms with Gasteiger partial charge in [-0.15, -0.1) is 0 Å². The lowest BCUT2D eigenvalue weighted by atomic mass is 9.91. The molecule has 1 aromatic carbocycles. The predicted molar refractivity (Wildman–Crippen MR) is 82.9 cm³/mol. The molecule has 0 unspecified atom stereocenters. The van der Waals surface area contributed by atoms with Crippen LogP contribution in [0.25, 0.3) is 0 Å². The highest BCUT2D eigenvalue weighted by Crippen LogP contribution is 2.35. The normalized spacial score (nSPS) is 32.2. The summed E-state index contributed by atoms with van der Waals surface area (Å²) in [6, 6.07) is 7.81. The molecular weight excluding hydrogens is 286 g/mol. The zero-order valence-electron chi connectivity index (χ0n) is 12.5. The Morgan fingerprint density at radius 1 is 1.33 bits per heavy atom. The van der Waals surface area contributed by atoms with E-state index in [0.717, 1.165) is 17.7 Å². The van der Waals surface area contributed by atoms with Crippen molar-refractivity contribution in [1.82, 2.24) is 4.90 Å². The minimum Gasteiger partial charge on any atom is -0.493 e. The number of rotatable bonds is 1. The Morgan fingerprint density at radius 2 is 2.10 bits per heavy atom. The number of carbonyl (C=O) groups is 1. The quantitative estimate of drug-likeness (QED) is 0.796. The van der Waals surface area contributed by atoms with Crippen LogP contribution in [-0.2, 0) is 15.6 Å². The van der Waals surface area contributed by atoms with Crippen LogP contribution in [0.1, 0.15) is 31.7 Å². The second-order valence-corrected chi connectivity index (χ2v) is 7.70. The van der Waals surface area contributed by atoms with Crippen molar-refractivity contribution < 1.29 is 13.7 Å². The second kappa shape index (κ2) is 5.79. The third-order valence-electron chi connectivity index (χ3n) is 4.66. The van der Waals surface area contributed by atoms with Crippen LogP contribution in [-0.4, -0.2) is 45.2 Å². The molecule has 21 heavy (non-hydrogen) atoms. The van der Waals surface area contributed by atoms with Gasteiger partial charge in [-0.25, -0.2) is 0 Å². The summed E-state index contributed by atoms with van der Waals surface area (Å²) in [4.78, 5) is 14.9. The lowest BCUT2D eigenvalue weighted by Crippen LogP contribution is -2.53. The maximum absolute atomic E-state index is 12.9. The molecule has 3 rings (SSSR count). The van der Waals surface area contributed by atoms with E-state index in [1.165, 1.54) is 0 Å². The topological polar surface area (TPSA) is 46.6 Å².